The van der Waals surface area contributed by atoms with Crippen LogP contribution in [-0.2, 0) is 16.6 Å². The number of halogens is 1. The van der Waals surface area contributed by atoms with E-state index in [0.29, 0.717) is 5.02 Å². The number of carbonyl (C=O) groups is 1. The monoisotopic (exact) mass is 488 g/mol. The van der Waals surface area contributed by atoms with Crippen LogP contribution in [0.1, 0.15) is 31.4 Å². The van der Waals surface area contributed by atoms with Crippen molar-refractivity contribution in [3.05, 3.63) is 28.9 Å². The second-order valence-electron chi connectivity index (χ2n) is 10.4. The molecule has 184 valence electrons. The van der Waals surface area contributed by atoms with Gasteiger partial charge < -0.3 is 15.4 Å². The Morgan fingerprint density at radius 1 is 1.24 bits per heavy atom. The maximum Gasteiger partial charge on any atom is 0.232 e. The molecule has 34 heavy (non-hydrogen) atoms. The predicted octanol–water partition coefficient (Wildman–Crippen LogP) is 0.491. The van der Waals surface area contributed by atoms with Gasteiger partial charge in [0.05, 0.1) is 41.4 Å². The Morgan fingerprint density at radius 2 is 2.00 bits per heavy atom. The molecule has 6 atom stereocenters. The molecule has 4 unspecified atom stereocenters. The van der Waals surface area contributed by atoms with Crippen LogP contribution in [0.15, 0.2) is 18.3 Å². The third kappa shape index (κ3) is 3.31. The number of aromatic nitrogens is 2. The smallest absolute Gasteiger partial charge is 0.232 e. The molecule has 0 bridgehead atoms. The quantitative estimate of drug-likeness (QED) is 0.483. The number of likely N-dealkylation sites (tertiary alicyclic amines) is 1. The second-order valence-corrected chi connectivity index (χ2v) is 10.8. The summed E-state index contributed by atoms with van der Waals surface area (Å²) in [5, 5.41) is 9.62. The third-order valence-electron chi connectivity index (χ3n) is 8.53. The fourth-order valence-corrected chi connectivity index (χ4v) is 6.68. The molecular weight excluding hydrogens is 456 g/mol. The van der Waals surface area contributed by atoms with Crippen molar-refractivity contribution in [2.45, 2.75) is 50.4 Å². The van der Waals surface area contributed by atoms with E-state index in [1.54, 1.807) is 4.68 Å². The molecule has 10 nitrogen and oxygen atoms in total. The number of rotatable bonds is 2. The lowest BCUT2D eigenvalue weighted by molar-refractivity contribution is -0.151. The molecule has 1 spiro atoms. The van der Waals surface area contributed by atoms with Gasteiger partial charge in [0.1, 0.15) is 6.29 Å². The van der Waals surface area contributed by atoms with Gasteiger partial charge in [-0.2, -0.15) is 5.10 Å². The van der Waals surface area contributed by atoms with Crippen LogP contribution in [0.5, 0.6) is 0 Å². The number of fused-ring (bicyclic) bond motifs is 2. The molecule has 4 fully saturated rings. The number of aryl methyl sites for hydroxylation is 1. The Morgan fingerprint density at radius 3 is 2.71 bits per heavy atom. The minimum Gasteiger partial charge on any atom is -0.376 e. The molecule has 4 aliphatic heterocycles. The zero-order chi connectivity index (χ0) is 23.8. The van der Waals surface area contributed by atoms with Crippen molar-refractivity contribution in [2.75, 3.05) is 26.7 Å². The first-order valence-electron chi connectivity index (χ1n) is 12.1. The van der Waals surface area contributed by atoms with E-state index in [1.165, 1.54) is 0 Å². The zero-order valence-corrected chi connectivity index (χ0v) is 20.5. The number of nitrogens with two attached hydrogens (primary N) is 1. The average molecular weight is 489 g/mol. The number of piperidine rings is 1. The SMILES string of the molecule is C[C@@H]1OCC2(CCN(C3NC4NNC(c5ccc6nn(C)cc6c5Cl)C4C(=O)N3C)CC2)[C@@H]1N. The van der Waals surface area contributed by atoms with Gasteiger partial charge in [-0.05, 0) is 31.4 Å². The van der Waals surface area contributed by atoms with Crippen LogP contribution >= 0.6 is 11.6 Å². The summed E-state index contributed by atoms with van der Waals surface area (Å²) in [5.74, 6) is -0.227. The van der Waals surface area contributed by atoms with E-state index in [0.717, 1.165) is 49.0 Å². The third-order valence-corrected chi connectivity index (χ3v) is 8.95. The molecular formula is C23H33ClN8O2. The Hall–Kier alpha value is -1.79. The summed E-state index contributed by atoms with van der Waals surface area (Å²) in [6.07, 6.45) is 3.59. The Kier molecular flexibility index (Phi) is 5.41. The molecule has 4 aliphatic rings. The van der Waals surface area contributed by atoms with Crippen molar-refractivity contribution >= 4 is 28.4 Å². The lowest BCUT2D eigenvalue weighted by Crippen LogP contribution is -2.70. The molecule has 5 heterocycles. The Balaban J connectivity index is 1.20. The van der Waals surface area contributed by atoms with Gasteiger partial charge in [-0.1, -0.05) is 17.7 Å². The van der Waals surface area contributed by atoms with Gasteiger partial charge in [0.2, 0.25) is 5.91 Å². The minimum absolute atomic E-state index is 0.0512. The van der Waals surface area contributed by atoms with E-state index in [4.69, 9.17) is 22.1 Å². The lowest BCUT2D eigenvalue weighted by Gasteiger charge is -2.49. The van der Waals surface area contributed by atoms with E-state index in [1.807, 2.05) is 37.3 Å². The van der Waals surface area contributed by atoms with Crippen LogP contribution in [0.4, 0.5) is 0 Å². The highest BCUT2D eigenvalue weighted by molar-refractivity contribution is 6.36. The van der Waals surface area contributed by atoms with Crippen LogP contribution in [0.3, 0.4) is 0 Å². The highest BCUT2D eigenvalue weighted by Gasteiger charge is 2.52. The average Bonchev–Trinajstić information content (AvgIpc) is 3.50. The molecule has 5 N–H and O–H groups in total. The molecule has 2 aromatic rings. The van der Waals surface area contributed by atoms with Crippen LogP contribution in [0.2, 0.25) is 5.02 Å². The van der Waals surface area contributed by atoms with Gasteiger partial charge in [0, 0.05) is 50.2 Å². The normalized spacial score (nSPS) is 36.0. The molecule has 1 aromatic carbocycles. The summed E-state index contributed by atoms with van der Waals surface area (Å²) in [7, 11) is 3.76. The van der Waals surface area contributed by atoms with Crippen molar-refractivity contribution in [3.8, 4) is 0 Å². The number of nitrogens with zero attached hydrogens (tertiary/aromatic N) is 4. The maximum absolute atomic E-state index is 13.6. The predicted molar refractivity (Wildman–Crippen MR) is 128 cm³/mol. The van der Waals surface area contributed by atoms with Gasteiger partial charge in [0.15, 0.2) is 0 Å². The molecule has 6 rings (SSSR count). The number of ether oxygens (including phenoxy) is 1. The number of hydrazine groups is 1. The summed E-state index contributed by atoms with van der Waals surface area (Å²) in [6, 6.07) is 3.75. The summed E-state index contributed by atoms with van der Waals surface area (Å²) >= 11 is 6.79. The fourth-order valence-electron chi connectivity index (χ4n) is 6.35. The van der Waals surface area contributed by atoms with Crippen molar-refractivity contribution < 1.29 is 9.53 Å². The van der Waals surface area contributed by atoms with Crippen molar-refractivity contribution in [2.24, 2.45) is 24.1 Å². The Labute approximate surface area is 204 Å². The van der Waals surface area contributed by atoms with E-state index in [-0.39, 0.29) is 47.9 Å². The summed E-state index contributed by atoms with van der Waals surface area (Å²) in [6.45, 7) is 4.54. The van der Waals surface area contributed by atoms with E-state index in [2.05, 4.69) is 33.1 Å². The molecule has 4 saturated heterocycles. The standard InChI is InChI=1S/C23H33ClN8O2/c1-12-19(25)23(11-34-12)6-8-32(9-7-23)22-26-20-16(21(33)31(22)3)18(27-28-20)13-4-5-15-14(17(13)24)10-30(2)29-15/h4-5,10,12,16,18-20,22,26-28H,6-9,11,25H2,1-3H3/t12-,16?,18?,19+,20?,22?/m0/s1. The van der Waals surface area contributed by atoms with Crippen LogP contribution < -0.4 is 21.9 Å². The molecule has 11 heteroatoms. The largest absolute Gasteiger partial charge is 0.376 e. The Bertz CT molecular complexity index is 1120. The zero-order valence-electron chi connectivity index (χ0n) is 19.8. The highest BCUT2D eigenvalue weighted by Crippen LogP contribution is 2.43. The van der Waals surface area contributed by atoms with Gasteiger partial charge >= 0.3 is 0 Å². The minimum atomic E-state index is -0.318. The number of amides is 1. The van der Waals surface area contributed by atoms with Crippen molar-refractivity contribution in [3.63, 3.8) is 0 Å². The van der Waals surface area contributed by atoms with E-state index < -0.39 is 0 Å². The van der Waals surface area contributed by atoms with Gasteiger partial charge in [-0.15, -0.1) is 0 Å². The van der Waals surface area contributed by atoms with Crippen LogP contribution in [0, 0.1) is 11.3 Å². The summed E-state index contributed by atoms with van der Waals surface area (Å²) in [4.78, 5) is 17.8. The first-order valence-corrected chi connectivity index (χ1v) is 12.4. The number of carbonyl (C=O) groups excluding carboxylic acids is 1. The second kappa shape index (κ2) is 8.12. The summed E-state index contributed by atoms with van der Waals surface area (Å²) < 4.78 is 7.62. The molecule has 1 aromatic heterocycles. The first-order chi connectivity index (χ1) is 16.3. The number of hydrogen-bond acceptors (Lipinski definition) is 8. The van der Waals surface area contributed by atoms with E-state index in [9.17, 15) is 4.79 Å². The first kappa shape index (κ1) is 22.7. The van der Waals surface area contributed by atoms with Crippen LogP contribution in [-0.4, -0.2) is 76.8 Å². The highest BCUT2D eigenvalue weighted by atomic mass is 35.5. The summed E-state index contributed by atoms with van der Waals surface area (Å²) in [5.41, 5.74) is 14.9. The lowest BCUT2D eigenvalue weighted by atomic mass is 9.73. The van der Waals surface area contributed by atoms with Crippen LogP contribution in [0.25, 0.3) is 10.9 Å². The van der Waals surface area contributed by atoms with E-state index >= 15 is 0 Å². The molecule has 0 aliphatic carbocycles. The fraction of sp³-hybridized carbons (Fsp3) is 0.652. The maximum atomic E-state index is 13.6. The van der Waals surface area contributed by atoms with Gasteiger partial charge in [0.25, 0.3) is 0 Å². The van der Waals surface area contributed by atoms with Gasteiger partial charge in [-0.25, -0.2) is 10.9 Å². The molecule has 1 amide bonds. The number of hydrogen-bond donors (Lipinski definition) is 4. The van der Waals surface area contributed by atoms with Crippen molar-refractivity contribution in [1.29, 1.82) is 0 Å². The number of nitrogens with one attached hydrogen (secondary N) is 3. The van der Waals surface area contributed by atoms with Crippen molar-refractivity contribution in [1.82, 2.24) is 35.7 Å². The topological polar surface area (TPSA) is 113 Å². The molecule has 0 saturated carbocycles. The van der Waals surface area contributed by atoms with Gasteiger partial charge in [-0.3, -0.25) is 19.7 Å². The number of benzene rings is 1. The molecule has 0 radical (unpaired) electrons.